The molecule has 4 N–H and O–H groups in total. The van der Waals surface area contributed by atoms with Gasteiger partial charge in [-0.25, -0.2) is 0 Å². The monoisotopic (exact) mass is 480 g/mol. The van der Waals surface area contributed by atoms with Crippen LogP contribution in [-0.4, -0.2) is 49.7 Å². The number of hydrogen-bond acceptors (Lipinski definition) is 6. The largest absolute Gasteiger partial charge is 0.372 e. The fourth-order valence-electron chi connectivity index (χ4n) is 4.11. The summed E-state index contributed by atoms with van der Waals surface area (Å²) in [6.45, 7) is 3.44. The van der Waals surface area contributed by atoms with Crippen LogP contribution < -0.4 is 21.3 Å². The van der Waals surface area contributed by atoms with E-state index < -0.39 is 0 Å². The van der Waals surface area contributed by atoms with Crippen LogP contribution in [0.5, 0.6) is 0 Å². The Morgan fingerprint density at radius 1 is 0.611 bits per heavy atom. The molecule has 0 aliphatic carbocycles. The highest BCUT2D eigenvalue weighted by Gasteiger charge is 2.11. The molecule has 0 unspecified atom stereocenters. The minimum Gasteiger partial charge on any atom is -0.372 e. The molecular weight excluding hydrogens is 452 g/mol. The van der Waals surface area contributed by atoms with Crippen LogP contribution in [0.4, 0.5) is 11.4 Å². The van der Waals surface area contributed by atoms with Gasteiger partial charge < -0.3 is 21.3 Å². The summed E-state index contributed by atoms with van der Waals surface area (Å²) < 4.78 is 0. The minimum absolute atomic E-state index is 0.228. The second-order valence-corrected chi connectivity index (χ2v) is 8.74. The van der Waals surface area contributed by atoms with E-state index in [4.69, 9.17) is 0 Å². The van der Waals surface area contributed by atoms with Crippen molar-refractivity contribution in [2.45, 2.75) is 12.8 Å². The first-order valence-electron chi connectivity index (χ1n) is 12.1. The molecule has 0 spiro atoms. The lowest BCUT2D eigenvalue weighted by molar-refractivity contribution is 0.101. The Labute approximate surface area is 209 Å². The summed E-state index contributed by atoms with van der Waals surface area (Å²) in [6, 6.07) is 22.1. The second-order valence-electron chi connectivity index (χ2n) is 8.74. The number of carbonyl (C=O) groups excluding carboxylic acids is 2. The van der Waals surface area contributed by atoms with Crippen LogP contribution >= 0.6 is 0 Å². The van der Waals surface area contributed by atoms with Crippen LogP contribution in [0.1, 0.15) is 31.8 Å². The minimum atomic E-state index is -0.228. The van der Waals surface area contributed by atoms with Gasteiger partial charge in [0.2, 0.25) is 0 Å². The topological polar surface area (TPSA) is 107 Å². The number of amidine groups is 2. The van der Waals surface area contributed by atoms with Crippen molar-refractivity contribution in [1.82, 2.24) is 10.6 Å². The van der Waals surface area contributed by atoms with E-state index in [0.717, 1.165) is 61.8 Å². The lowest BCUT2D eigenvalue weighted by Gasteiger charge is -2.09. The summed E-state index contributed by atoms with van der Waals surface area (Å²) in [6.07, 6.45) is 1.52. The van der Waals surface area contributed by atoms with Crippen molar-refractivity contribution in [2.24, 2.45) is 9.98 Å². The fourth-order valence-corrected chi connectivity index (χ4v) is 4.11. The maximum atomic E-state index is 12.7. The van der Waals surface area contributed by atoms with Crippen LogP contribution in [0, 0.1) is 0 Å². The van der Waals surface area contributed by atoms with Crippen molar-refractivity contribution in [2.75, 3.05) is 36.8 Å². The van der Waals surface area contributed by atoms with E-state index in [1.54, 1.807) is 24.3 Å². The molecule has 0 bridgehead atoms. The van der Waals surface area contributed by atoms with Crippen molar-refractivity contribution < 1.29 is 9.59 Å². The third kappa shape index (κ3) is 5.96. The van der Waals surface area contributed by atoms with Gasteiger partial charge in [-0.15, -0.1) is 0 Å². The zero-order valence-electron chi connectivity index (χ0n) is 19.9. The molecule has 2 aliphatic heterocycles. The number of rotatable bonds is 8. The van der Waals surface area contributed by atoms with E-state index in [1.807, 2.05) is 48.5 Å². The summed E-state index contributed by atoms with van der Waals surface area (Å²) >= 11 is 0. The maximum absolute atomic E-state index is 12.7. The van der Waals surface area contributed by atoms with Crippen molar-refractivity contribution in [3.8, 4) is 0 Å². The lowest BCUT2D eigenvalue weighted by Crippen LogP contribution is -2.20. The van der Waals surface area contributed by atoms with Gasteiger partial charge in [0.05, 0.1) is 13.1 Å². The molecule has 2 amide bonds. The number of benzene rings is 3. The first-order valence-corrected chi connectivity index (χ1v) is 12.1. The molecule has 0 saturated carbocycles. The Kier molecular flexibility index (Phi) is 7.02. The van der Waals surface area contributed by atoms with Crippen molar-refractivity contribution in [1.29, 1.82) is 0 Å². The first-order chi connectivity index (χ1) is 17.6. The van der Waals surface area contributed by atoms with Crippen LogP contribution in [0.3, 0.4) is 0 Å². The quantitative estimate of drug-likeness (QED) is 0.397. The number of anilines is 2. The smallest absolute Gasteiger partial charge is 0.255 e. The van der Waals surface area contributed by atoms with Gasteiger partial charge in [0.25, 0.3) is 11.8 Å². The van der Waals surface area contributed by atoms with E-state index in [1.165, 1.54) is 0 Å². The van der Waals surface area contributed by atoms with Gasteiger partial charge in [0, 0.05) is 48.4 Å². The van der Waals surface area contributed by atoms with Crippen LogP contribution in [0.2, 0.25) is 0 Å². The van der Waals surface area contributed by atoms with Crippen LogP contribution in [-0.2, 0) is 12.8 Å². The van der Waals surface area contributed by atoms with E-state index in [9.17, 15) is 9.59 Å². The summed E-state index contributed by atoms with van der Waals surface area (Å²) in [5.41, 5.74) is 4.65. The molecular formula is C28H28N6O2. The van der Waals surface area contributed by atoms with Crippen LogP contribution in [0.15, 0.2) is 82.8 Å². The first kappa shape index (κ1) is 23.3. The molecule has 182 valence electrons. The van der Waals surface area contributed by atoms with Gasteiger partial charge in [0.1, 0.15) is 11.7 Å². The molecule has 2 heterocycles. The number of aliphatic imine (C=N–C) groups is 2. The Bertz CT molecular complexity index is 1190. The van der Waals surface area contributed by atoms with E-state index >= 15 is 0 Å². The lowest BCUT2D eigenvalue weighted by atomic mass is 10.1. The van der Waals surface area contributed by atoms with Gasteiger partial charge in [0.15, 0.2) is 0 Å². The third-order valence-corrected chi connectivity index (χ3v) is 6.06. The van der Waals surface area contributed by atoms with Gasteiger partial charge >= 0.3 is 0 Å². The highest BCUT2D eigenvalue weighted by molar-refractivity contribution is 6.07. The van der Waals surface area contributed by atoms with Gasteiger partial charge in [-0.2, -0.15) is 0 Å². The van der Waals surface area contributed by atoms with E-state index in [0.29, 0.717) is 22.5 Å². The fraction of sp³-hybridized carbons (Fsp3) is 0.214. The summed E-state index contributed by atoms with van der Waals surface area (Å²) in [7, 11) is 0. The van der Waals surface area contributed by atoms with E-state index in [2.05, 4.69) is 31.3 Å². The summed E-state index contributed by atoms with van der Waals surface area (Å²) in [5, 5.41) is 12.3. The second kappa shape index (κ2) is 10.9. The summed E-state index contributed by atoms with van der Waals surface area (Å²) in [5.74, 6) is 1.54. The van der Waals surface area contributed by atoms with Crippen molar-refractivity contribution in [3.63, 3.8) is 0 Å². The third-order valence-electron chi connectivity index (χ3n) is 6.06. The molecule has 0 atom stereocenters. The Balaban J connectivity index is 1.13. The van der Waals surface area contributed by atoms with Gasteiger partial charge in [-0.3, -0.25) is 19.6 Å². The number of carbonyl (C=O) groups is 2. The molecule has 5 rings (SSSR count). The zero-order valence-corrected chi connectivity index (χ0v) is 19.9. The number of nitrogens with zero attached hydrogens (tertiary/aromatic N) is 2. The molecule has 2 aliphatic rings. The molecule has 0 saturated heterocycles. The summed E-state index contributed by atoms with van der Waals surface area (Å²) in [4.78, 5) is 34.1. The SMILES string of the molecule is O=C(Nc1ccc(CC2=NCCN2)cc1)c1ccc(C(=O)Nc2ccc(CC3=NCCN3)cc2)cc1. The normalized spacial score (nSPS) is 14.3. The van der Waals surface area contributed by atoms with E-state index in [-0.39, 0.29) is 11.8 Å². The standard InChI is InChI=1S/C28H28N6O2/c35-27(33-23-9-1-19(2-10-23)17-25-29-13-14-30-25)21-5-7-22(8-6-21)28(36)34-24-11-3-20(4-12-24)18-26-31-15-16-32-26/h1-12H,13-18H2,(H,29,30)(H,31,32)(H,33,35)(H,34,36). The Hall–Kier alpha value is -4.46. The zero-order chi connectivity index (χ0) is 24.7. The molecule has 0 radical (unpaired) electrons. The molecule has 8 nitrogen and oxygen atoms in total. The average Bonchev–Trinajstić information content (AvgIpc) is 3.61. The highest BCUT2D eigenvalue weighted by atomic mass is 16.2. The maximum Gasteiger partial charge on any atom is 0.255 e. The number of amides is 2. The molecule has 0 fully saturated rings. The number of hydrogen-bond donors (Lipinski definition) is 4. The number of nitrogens with one attached hydrogen (secondary N) is 4. The predicted octanol–water partition coefficient (Wildman–Crippen LogP) is 3.28. The predicted molar refractivity (Wildman–Crippen MR) is 143 cm³/mol. The van der Waals surface area contributed by atoms with Crippen molar-refractivity contribution in [3.05, 3.63) is 95.1 Å². The molecule has 3 aromatic carbocycles. The van der Waals surface area contributed by atoms with Gasteiger partial charge in [-0.1, -0.05) is 24.3 Å². The molecule has 3 aromatic rings. The highest BCUT2D eigenvalue weighted by Crippen LogP contribution is 2.15. The van der Waals surface area contributed by atoms with Crippen LogP contribution in [0.25, 0.3) is 0 Å². The Morgan fingerprint density at radius 2 is 1.00 bits per heavy atom. The molecule has 36 heavy (non-hydrogen) atoms. The Morgan fingerprint density at radius 3 is 1.33 bits per heavy atom. The molecule has 0 aromatic heterocycles. The van der Waals surface area contributed by atoms with Gasteiger partial charge in [-0.05, 0) is 59.7 Å². The molecule has 8 heteroatoms. The van der Waals surface area contributed by atoms with Crippen molar-refractivity contribution >= 4 is 34.9 Å². The average molecular weight is 481 g/mol.